The number of hydrogen-bond acceptors (Lipinski definition) is 3. The van der Waals surface area contributed by atoms with Crippen molar-refractivity contribution in [3.8, 4) is 0 Å². The van der Waals surface area contributed by atoms with Crippen LogP contribution in [-0.4, -0.2) is 17.9 Å². The van der Waals surface area contributed by atoms with E-state index in [1.807, 2.05) is 6.92 Å². The molecule has 1 heterocycles. The van der Waals surface area contributed by atoms with Crippen molar-refractivity contribution < 1.29 is 9.23 Å². The van der Waals surface area contributed by atoms with Gasteiger partial charge in [-0.2, -0.15) is 0 Å². The topological polar surface area (TPSA) is 47.6 Å². The minimum atomic E-state index is -0.488. The fourth-order valence-electron chi connectivity index (χ4n) is 1.53. The van der Waals surface area contributed by atoms with Crippen LogP contribution in [0.5, 0.6) is 0 Å². The third-order valence-corrected chi connectivity index (χ3v) is 2.53. The Kier molecular flexibility index (Phi) is 2.44. The number of halogens is 1. The van der Waals surface area contributed by atoms with Crippen molar-refractivity contribution in [1.29, 1.82) is 0 Å². The predicted octanol–water partition coefficient (Wildman–Crippen LogP) is 1.67. The molecule has 1 unspecified atom stereocenters. The Hall–Kier alpha value is -1.42. The van der Waals surface area contributed by atoms with Crippen LogP contribution < -0.4 is 5.73 Å². The van der Waals surface area contributed by atoms with Crippen LogP contribution in [0.4, 0.5) is 4.39 Å². The molecule has 80 valence electrons. The number of oxime groups is 1. The summed E-state index contributed by atoms with van der Waals surface area (Å²) < 4.78 is 13.4. The van der Waals surface area contributed by atoms with Gasteiger partial charge in [0.05, 0.1) is 5.71 Å². The van der Waals surface area contributed by atoms with E-state index < -0.39 is 5.60 Å². The maximum absolute atomic E-state index is 13.4. The summed E-state index contributed by atoms with van der Waals surface area (Å²) in [6.07, 6.45) is 0.546. The number of rotatable bonds is 2. The molecule has 2 N–H and O–H groups in total. The second-order valence-corrected chi connectivity index (χ2v) is 3.94. The number of hydrogen-bond donors (Lipinski definition) is 1. The van der Waals surface area contributed by atoms with E-state index in [-0.39, 0.29) is 5.82 Å². The van der Waals surface area contributed by atoms with Gasteiger partial charge in [-0.3, -0.25) is 0 Å². The molecule has 0 saturated carbocycles. The largest absolute Gasteiger partial charge is 0.387 e. The highest BCUT2D eigenvalue weighted by Gasteiger charge is 2.34. The van der Waals surface area contributed by atoms with Crippen LogP contribution in [0, 0.1) is 5.82 Å². The van der Waals surface area contributed by atoms with Crippen molar-refractivity contribution in [1.82, 2.24) is 0 Å². The number of nitrogens with zero attached hydrogens (tertiary/aromatic N) is 1. The summed E-state index contributed by atoms with van der Waals surface area (Å²) in [4.78, 5) is 5.21. The lowest BCUT2D eigenvalue weighted by Gasteiger charge is -2.17. The Morgan fingerprint density at radius 2 is 2.27 bits per heavy atom. The Morgan fingerprint density at radius 3 is 2.87 bits per heavy atom. The summed E-state index contributed by atoms with van der Waals surface area (Å²) >= 11 is 0. The molecular weight excluding hydrogens is 195 g/mol. The molecule has 1 aromatic rings. The van der Waals surface area contributed by atoms with Gasteiger partial charge in [0.2, 0.25) is 0 Å². The van der Waals surface area contributed by atoms with Crippen LogP contribution >= 0.6 is 0 Å². The van der Waals surface area contributed by atoms with Gasteiger partial charge in [0.15, 0.2) is 5.60 Å². The second-order valence-electron chi connectivity index (χ2n) is 3.94. The maximum atomic E-state index is 13.4. The van der Waals surface area contributed by atoms with Crippen molar-refractivity contribution >= 4 is 5.71 Å². The van der Waals surface area contributed by atoms with Gasteiger partial charge in [-0.05, 0) is 13.0 Å². The highest BCUT2D eigenvalue weighted by molar-refractivity contribution is 6.01. The monoisotopic (exact) mass is 208 g/mol. The summed E-state index contributed by atoms with van der Waals surface area (Å²) in [6.45, 7) is 2.23. The molecule has 0 aliphatic carbocycles. The highest BCUT2D eigenvalue weighted by Crippen LogP contribution is 2.26. The molecule has 1 atom stereocenters. The first-order chi connectivity index (χ1) is 7.14. The van der Waals surface area contributed by atoms with Crippen LogP contribution in [0.25, 0.3) is 0 Å². The molecule has 1 aliphatic heterocycles. The van der Waals surface area contributed by atoms with Crippen molar-refractivity contribution in [2.45, 2.75) is 18.9 Å². The molecule has 0 fully saturated rings. The van der Waals surface area contributed by atoms with Gasteiger partial charge in [-0.1, -0.05) is 23.4 Å². The summed E-state index contributed by atoms with van der Waals surface area (Å²) in [5.41, 5.74) is 6.19. The quantitative estimate of drug-likeness (QED) is 0.803. The second kappa shape index (κ2) is 3.62. The van der Waals surface area contributed by atoms with E-state index >= 15 is 0 Å². The fourth-order valence-corrected chi connectivity index (χ4v) is 1.53. The van der Waals surface area contributed by atoms with Gasteiger partial charge < -0.3 is 10.6 Å². The van der Waals surface area contributed by atoms with Crippen LogP contribution in [0.2, 0.25) is 0 Å². The van der Waals surface area contributed by atoms with Crippen molar-refractivity contribution in [2.75, 3.05) is 6.54 Å². The average Bonchev–Trinajstić information content (AvgIpc) is 2.63. The summed E-state index contributed by atoms with van der Waals surface area (Å²) in [6, 6.07) is 6.53. The molecule has 0 spiro atoms. The third-order valence-electron chi connectivity index (χ3n) is 2.53. The lowest BCUT2D eigenvalue weighted by molar-refractivity contribution is 0.00422. The molecule has 1 aliphatic rings. The Labute approximate surface area is 87.7 Å². The molecule has 0 saturated heterocycles. The van der Waals surface area contributed by atoms with Crippen molar-refractivity contribution in [3.05, 3.63) is 35.6 Å². The van der Waals surface area contributed by atoms with Gasteiger partial charge in [0.25, 0.3) is 0 Å². The average molecular weight is 208 g/mol. The summed E-state index contributed by atoms with van der Waals surface area (Å²) in [5, 5.41) is 3.89. The van der Waals surface area contributed by atoms with Gasteiger partial charge in [0.1, 0.15) is 5.82 Å². The van der Waals surface area contributed by atoms with Crippen LogP contribution in [0.15, 0.2) is 29.4 Å². The first-order valence-corrected chi connectivity index (χ1v) is 4.85. The zero-order chi connectivity index (χ0) is 10.9. The molecular formula is C11H13FN2O. The van der Waals surface area contributed by atoms with E-state index in [0.29, 0.717) is 24.2 Å². The molecule has 15 heavy (non-hydrogen) atoms. The SMILES string of the molecule is CC1(CN)CC(c2ccccc2F)=NO1. The van der Waals surface area contributed by atoms with Crippen LogP contribution in [0.1, 0.15) is 18.9 Å². The lowest BCUT2D eigenvalue weighted by Crippen LogP contribution is -2.34. The molecule has 1 aromatic carbocycles. The summed E-state index contributed by atoms with van der Waals surface area (Å²) in [7, 11) is 0. The van der Waals surface area contributed by atoms with Crippen molar-refractivity contribution in [2.24, 2.45) is 10.9 Å². The van der Waals surface area contributed by atoms with E-state index in [1.54, 1.807) is 18.2 Å². The van der Waals surface area contributed by atoms with E-state index in [9.17, 15) is 4.39 Å². The van der Waals surface area contributed by atoms with E-state index in [2.05, 4.69) is 5.16 Å². The summed E-state index contributed by atoms with van der Waals surface area (Å²) in [5.74, 6) is -0.277. The molecule has 3 nitrogen and oxygen atoms in total. The zero-order valence-electron chi connectivity index (χ0n) is 8.53. The smallest absolute Gasteiger partial charge is 0.152 e. The number of nitrogens with two attached hydrogens (primary N) is 1. The van der Waals surface area contributed by atoms with Gasteiger partial charge >= 0.3 is 0 Å². The lowest BCUT2D eigenvalue weighted by atomic mass is 9.96. The van der Waals surface area contributed by atoms with Gasteiger partial charge in [-0.25, -0.2) is 4.39 Å². The number of benzene rings is 1. The first-order valence-electron chi connectivity index (χ1n) is 4.85. The van der Waals surface area contributed by atoms with Crippen LogP contribution in [0.3, 0.4) is 0 Å². The maximum Gasteiger partial charge on any atom is 0.152 e. The molecule has 0 aromatic heterocycles. The minimum Gasteiger partial charge on any atom is -0.387 e. The van der Waals surface area contributed by atoms with Gasteiger partial charge in [-0.15, -0.1) is 0 Å². The van der Waals surface area contributed by atoms with E-state index in [4.69, 9.17) is 10.6 Å². The van der Waals surface area contributed by atoms with Gasteiger partial charge in [0, 0.05) is 18.5 Å². The van der Waals surface area contributed by atoms with E-state index in [1.165, 1.54) is 6.07 Å². The minimum absolute atomic E-state index is 0.277. The molecule has 4 heteroatoms. The Bertz CT molecular complexity index is 405. The molecule has 2 rings (SSSR count). The molecule has 0 radical (unpaired) electrons. The normalized spacial score (nSPS) is 24.9. The first kappa shape index (κ1) is 10.1. The van der Waals surface area contributed by atoms with Crippen molar-refractivity contribution in [3.63, 3.8) is 0 Å². The third kappa shape index (κ3) is 1.85. The van der Waals surface area contributed by atoms with E-state index in [0.717, 1.165) is 0 Å². The Morgan fingerprint density at radius 1 is 1.53 bits per heavy atom. The highest BCUT2D eigenvalue weighted by atomic mass is 19.1. The van der Waals surface area contributed by atoms with Crippen LogP contribution in [-0.2, 0) is 4.84 Å². The predicted molar refractivity (Wildman–Crippen MR) is 56.1 cm³/mol. The molecule has 0 bridgehead atoms. The fraction of sp³-hybridized carbons (Fsp3) is 0.364. The standard InChI is InChI=1S/C11H13FN2O/c1-11(7-13)6-10(14-15-11)8-4-2-3-5-9(8)12/h2-5H,6-7,13H2,1H3. The zero-order valence-corrected chi connectivity index (χ0v) is 8.53. The molecule has 0 amide bonds. The Balaban J connectivity index is 2.25.